The highest BCUT2D eigenvalue weighted by molar-refractivity contribution is 6.34. The van der Waals surface area contributed by atoms with Gasteiger partial charge >= 0.3 is 0 Å². The third kappa shape index (κ3) is 1.51. The lowest BCUT2D eigenvalue weighted by Crippen LogP contribution is -2.02. The summed E-state index contributed by atoms with van der Waals surface area (Å²) < 4.78 is 15.4. The fraction of sp³-hybridized carbons (Fsp3) is 0.182. The molecule has 84 valence electrons. The highest BCUT2D eigenvalue weighted by Crippen LogP contribution is 2.39. The Morgan fingerprint density at radius 2 is 2.06 bits per heavy atom. The molecular weight excluding hydrogens is 232 g/mol. The number of fused-ring (bicyclic) bond motifs is 1. The summed E-state index contributed by atoms with van der Waals surface area (Å²) in [6, 6.07) is 2.87. The molecule has 0 saturated heterocycles. The minimum atomic E-state index is -0.206. The lowest BCUT2D eigenvalue weighted by atomic mass is 10.2. The van der Waals surface area contributed by atoms with Gasteiger partial charge in [0.2, 0.25) is 0 Å². The third-order valence-electron chi connectivity index (χ3n) is 2.24. The summed E-state index contributed by atoms with van der Waals surface area (Å²) in [5, 5.41) is 0.576. The number of ether oxygens (including phenoxy) is 2. The normalized spacial score (nSPS) is 10.4. The third-order valence-corrected chi connectivity index (χ3v) is 2.59. The first-order valence-electron chi connectivity index (χ1n) is 4.51. The maximum absolute atomic E-state index is 11.7. The van der Waals surface area contributed by atoms with Gasteiger partial charge < -0.3 is 13.9 Å². The summed E-state index contributed by atoms with van der Waals surface area (Å²) in [5.41, 5.74) is 0.174. The van der Waals surface area contributed by atoms with Crippen molar-refractivity contribution in [2.45, 2.75) is 0 Å². The maximum atomic E-state index is 11.7. The Morgan fingerprint density at radius 3 is 2.69 bits per heavy atom. The van der Waals surface area contributed by atoms with Crippen molar-refractivity contribution in [1.29, 1.82) is 0 Å². The molecule has 16 heavy (non-hydrogen) atoms. The van der Waals surface area contributed by atoms with Gasteiger partial charge in [-0.1, -0.05) is 11.6 Å². The first-order chi connectivity index (χ1) is 7.69. The summed E-state index contributed by atoms with van der Waals surface area (Å²) in [6.07, 6.45) is 1.32. The van der Waals surface area contributed by atoms with Gasteiger partial charge in [0, 0.05) is 12.1 Å². The Balaban J connectivity index is 2.96. The molecule has 0 atom stereocenters. The molecule has 0 saturated carbocycles. The second kappa shape index (κ2) is 4.06. The van der Waals surface area contributed by atoms with Crippen LogP contribution in [0.25, 0.3) is 11.0 Å². The van der Waals surface area contributed by atoms with Gasteiger partial charge in [0.15, 0.2) is 11.2 Å². The van der Waals surface area contributed by atoms with E-state index in [1.54, 1.807) is 6.07 Å². The highest BCUT2D eigenvalue weighted by atomic mass is 35.5. The Hall–Kier alpha value is -1.68. The predicted octanol–water partition coefficient (Wildman–Crippen LogP) is 2.46. The molecule has 0 spiro atoms. The van der Waals surface area contributed by atoms with Crippen LogP contribution in [0, 0.1) is 0 Å². The molecule has 0 aliphatic rings. The van der Waals surface area contributed by atoms with Crippen molar-refractivity contribution in [1.82, 2.24) is 0 Å². The second-order valence-electron chi connectivity index (χ2n) is 3.08. The number of methoxy groups -OCH3 is 2. The molecule has 5 heteroatoms. The first-order valence-corrected chi connectivity index (χ1v) is 4.89. The second-order valence-corrected chi connectivity index (χ2v) is 3.46. The van der Waals surface area contributed by atoms with E-state index in [1.807, 2.05) is 0 Å². The van der Waals surface area contributed by atoms with Gasteiger partial charge in [-0.05, 0) is 0 Å². The zero-order chi connectivity index (χ0) is 11.7. The van der Waals surface area contributed by atoms with E-state index < -0.39 is 0 Å². The van der Waals surface area contributed by atoms with Crippen LogP contribution in [0.1, 0.15) is 0 Å². The molecule has 0 aliphatic carbocycles. The van der Waals surface area contributed by atoms with Gasteiger partial charge in [-0.3, -0.25) is 4.79 Å². The van der Waals surface area contributed by atoms with Crippen LogP contribution >= 0.6 is 11.6 Å². The van der Waals surface area contributed by atoms with E-state index in [9.17, 15) is 4.79 Å². The minimum absolute atomic E-state index is 0.206. The van der Waals surface area contributed by atoms with E-state index >= 15 is 0 Å². The Bertz CT molecular complexity index is 588. The molecule has 1 heterocycles. The Labute approximate surface area is 96.3 Å². The number of hydrogen-bond acceptors (Lipinski definition) is 4. The average molecular weight is 241 g/mol. The molecule has 0 amide bonds. The fourth-order valence-electron chi connectivity index (χ4n) is 1.51. The van der Waals surface area contributed by atoms with E-state index in [1.165, 1.54) is 26.5 Å². The van der Waals surface area contributed by atoms with Crippen molar-refractivity contribution in [3.63, 3.8) is 0 Å². The van der Waals surface area contributed by atoms with Crippen LogP contribution in [0.3, 0.4) is 0 Å². The van der Waals surface area contributed by atoms with Gasteiger partial charge in [-0.2, -0.15) is 0 Å². The first kappa shape index (κ1) is 10.8. The Kier molecular flexibility index (Phi) is 2.75. The monoisotopic (exact) mass is 240 g/mol. The lowest BCUT2D eigenvalue weighted by molar-refractivity contribution is 0.396. The molecule has 0 radical (unpaired) electrons. The van der Waals surface area contributed by atoms with E-state index in [-0.39, 0.29) is 16.2 Å². The van der Waals surface area contributed by atoms with Crippen LogP contribution in [0.5, 0.6) is 11.5 Å². The van der Waals surface area contributed by atoms with Crippen molar-refractivity contribution >= 4 is 22.6 Å². The van der Waals surface area contributed by atoms with E-state index in [4.69, 9.17) is 25.5 Å². The van der Waals surface area contributed by atoms with Crippen LogP contribution in [0.4, 0.5) is 0 Å². The number of benzene rings is 1. The van der Waals surface area contributed by atoms with Crippen LogP contribution in [0.15, 0.2) is 27.6 Å². The molecule has 4 nitrogen and oxygen atoms in total. The average Bonchev–Trinajstić information content (AvgIpc) is 2.29. The van der Waals surface area contributed by atoms with Crippen LogP contribution < -0.4 is 14.9 Å². The molecule has 1 aromatic carbocycles. The van der Waals surface area contributed by atoms with Crippen molar-refractivity contribution in [3.05, 3.63) is 33.6 Å². The van der Waals surface area contributed by atoms with Gasteiger partial charge in [-0.15, -0.1) is 0 Å². The smallest absolute Gasteiger partial charge is 0.196 e. The van der Waals surface area contributed by atoms with Crippen molar-refractivity contribution in [2.75, 3.05) is 14.2 Å². The topological polar surface area (TPSA) is 48.7 Å². The van der Waals surface area contributed by atoms with Gasteiger partial charge in [0.25, 0.3) is 0 Å². The maximum Gasteiger partial charge on any atom is 0.196 e. The van der Waals surface area contributed by atoms with Crippen molar-refractivity contribution in [2.24, 2.45) is 0 Å². The summed E-state index contributed by atoms with van der Waals surface area (Å²) in [7, 11) is 2.92. The molecule has 0 fully saturated rings. The molecule has 1 aromatic heterocycles. The summed E-state index contributed by atoms with van der Waals surface area (Å²) >= 11 is 6.03. The largest absolute Gasteiger partial charge is 0.495 e. The van der Waals surface area contributed by atoms with Crippen molar-refractivity contribution in [3.8, 4) is 11.5 Å². The Morgan fingerprint density at radius 1 is 1.31 bits per heavy atom. The fourth-order valence-corrected chi connectivity index (χ4v) is 1.81. The number of rotatable bonds is 2. The van der Waals surface area contributed by atoms with Crippen LogP contribution in [-0.4, -0.2) is 14.2 Å². The summed E-state index contributed by atoms with van der Waals surface area (Å²) in [6.45, 7) is 0. The molecule has 0 unspecified atom stereocenters. The van der Waals surface area contributed by atoms with Crippen LogP contribution in [0.2, 0.25) is 5.02 Å². The van der Waals surface area contributed by atoms with E-state index in [0.717, 1.165) is 0 Å². The molecule has 0 aliphatic heterocycles. The van der Waals surface area contributed by atoms with E-state index in [0.29, 0.717) is 16.7 Å². The predicted molar refractivity (Wildman–Crippen MR) is 60.6 cm³/mol. The standard InChI is InChI=1S/C11H9ClO4/c1-14-8-5-7-9(6(13)3-4-16-7)11(15-2)10(8)12/h3-5H,1-2H3. The van der Waals surface area contributed by atoms with Gasteiger partial charge in [0.1, 0.15) is 21.7 Å². The minimum Gasteiger partial charge on any atom is -0.495 e. The SMILES string of the molecule is COc1cc2occc(=O)c2c(OC)c1Cl. The molecule has 2 rings (SSSR count). The highest BCUT2D eigenvalue weighted by Gasteiger charge is 2.16. The van der Waals surface area contributed by atoms with Gasteiger partial charge in [0.05, 0.1) is 20.5 Å². The summed E-state index contributed by atoms with van der Waals surface area (Å²) in [5.74, 6) is 0.672. The number of halogens is 1. The van der Waals surface area contributed by atoms with Crippen molar-refractivity contribution < 1.29 is 13.9 Å². The molecule has 0 bridgehead atoms. The molecular formula is C11H9ClO4. The zero-order valence-electron chi connectivity index (χ0n) is 8.74. The quantitative estimate of drug-likeness (QED) is 0.809. The molecule has 2 aromatic rings. The summed E-state index contributed by atoms with van der Waals surface area (Å²) in [4.78, 5) is 11.7. The lowest BCUT2D eigenvalue weighted by Gasteiger charge is -2.09. The molecule has 0 N–H and O–H groups in total. The van der Waals surface area contributed by atoms with Crippen LogP contribution in [-0.2, 0) is 0 Å². The number of hydrogen-bond donors (Lipinski definition) is 0. The van der Waals surface area contributed by atoms with E-state index in [2.05, 4.69) is 0 Å². The van der Waals surface area contributed by atoms with Gasteiger partial charge in [-0.25, -0.2) is 0 Å². The zero-order valence-corrected chi connectivity index (χ0v) is 9.50.